The van der Waals surface area contributed by atoms with Crippen LogP contribution in [0.5, 0.6) is 5.75 Å². The number of benzene rings is 1. The van der Waals surface area contributed by atoms with E-state index < -0.39 is 4.92 Å². The summed E-state index contributed by atoms with van der Waals surface area (Å²) in [5.41, 5.74) is 0.848. The van der Waals surface area contributed by atoms with E-state index in [1.807, 2.05) is 18.2 Å². The number of hydrogen-bond acceptors (Lipinski definition) is 5. The Morgan fingerprint density at radius 3 is 2.82 bits per heavy atom. The number of furan rings is 1. The number of ether oxygens (including phenoxy) is 1. The third kappa shape index (κ3) is 3.95. The van der Waals surface area contributed by atoms with Crippen LogP contribution in [0, 0.1) is 10.1 Å². The van der Waals surface area contributed by atoms with E-state index in [1.165, 1.54) is 24.3 Å². The first-order valence-corrected chi connectivity index (χ1v) is 6.42. The maximum Gasteiger partial charge on any atom is 0.433 e. The van der Waals surface area contributed by atoms with E-state index in [-0.39, 0.29) is 17.6 Å². The highest BCUT2D eigenvalue weighted by atomic mass is 16.6. The first-order valence-electron chi connectivity index (χ1n) is 6.42. The van der Waals surface area contributed by atoms with Gasteiger partial charge in [-0.2, -0.15) is 0 Å². The lowest BCUT2D eigenvalue weighted by molar-refractivity contribution is -0.402. The predicted molar refractivity (Wildman–Crippen MR) is 79.2 cm³/mol. The predicted octanol–water partition coefficient (Wildman–Crippen LogP) is 2.53. The second kappa shape index (κ2) is 7.07. The van der Waals surface area contributed by atoms with Crippen LogP contribution >= 0.6 is 0 Å². The van der Waals surface area contributed by atoms with E-state index in [4.69, 9.17) is 9.15 Å². The molecule has 1 heterocycles. The van der Waals surface area contributed by atoms with Crippen molar-refractivity contribution in [1.29, 1.82) is 0 Å². The monoisotopic (exact) mass is 302 g/mol. The molecule has 0 aliphatic carbocycles. The highest BCUT2D eigenvalue weighted by molar-refractivity contribution is 5.91. The Morgan fingerprint density at radius 1 is 1.36 bits per heavy atom. The van der Waals surface area contributed by atoms with Gasteiger partial charge in [0, 0.05) is 18.2 Å². The molecule has 0 atom stereocenters. The number of amides is 1. The van der Waals surface area contributed by atoms with Crippen molar-refractivity contribution in [2.45, 2.75) is 6.54 Å². The molecule has 1 N–H and O–H groups in total. The Kier molecular flexibility index (Phi) is 4.92. The summed E-state index contributed by atoms with van der Waals surface area (Å²) in [6.07, 6.45) is 2.61. The molecule has 1 aromatic carbocycles. The van der Waals surface area contributed by atoms with Gasteiger partial charge in [0.15, 0.2) is 0 Å². The third-order valence-electron chi connectivity index (χ3n) is 2.84. The minimum Gasteiger partial charge on any atom is -0.496 e. The molecule has 0 fully saturated rings. The number of carbonyl (C=O) groups is 1. The maximum absolute atomic E-state index is 11.7. The van der Waals surface area contributed by atoms with Crippen LogP contribution < -0.4 is 10.1 Å². The Bertz CT molecular complexity index is 705. The van der Waals surface area contributed by atoms with Crippen molar-refractivity contribution in [1.82, 2.24) is 5.32 Å². The lowest BCUT2D eigenvalue weighted by atomic mass is 10.2. The molecule has 2 rings (SSSR count). The van der Waals surface area contributed by atoms with Crippen LogP contribution in [0.25, 0.3) is 6.08 Å². The lowest BCUT2D eigenvalue weighted by Gasteiger charge is -2.08. The van der Waals surface area contributed by atoms with Crippen LogP contribution in [0.3, 0.4) is 0 Å². The minimum absolute atomic E-state index is 0.235. The van der Waals surface area contributed by atoms with E-state index in [9.17, 15) is 14.9 Å². The average Bonchev–Trinajstić information content (AvgIpc) is 3.00. The van der Waals surface area contributed by atoms with Gasteiger partial charge in [0.05, 0.1) is 13.2 Å². The largest absolute Gasteiger partial charge is 0.496 e. The molecular weight excluding hydrogens is 288 g/mol. The number of nitro groups is 1. The van der Waals surface area contributed by atoms with E-state index >= 15 is 0 Å². The first-order chi connectivity index (χ1) is 10.6. The molecule has 1 amide bonds. The van der Waals surface area contributed by atoms with Gasteiger partial charge in [-0.15, -0.1) is 0 Å². The molecule has 7 nitrogen and oxygen atoms in total. The van der Waals surface area contributed by atoms with Crippen molar-refractivity contribution in [3.05, 3.63) is 63.9 Å². The molecule has 0 saturated carbocycles. The van der Waals surface area contributed by atoms with Crippen LogP contribution in [0.1, 0.15) is 11.3 Å². The number of nitrogens with one attached hydrogen (secondary N) is 1. The van der Waals surface area contributed by atoms with E-state index in [0.717, 1.165) is 5.56 Å². The summed E-state index contributed by atoms with van der Waals surface area (Å²) < 4.78 is 10.1. The molecule has 0 spiro atoms. The van der Waals surface area contributed by atoms with Gasteiger partial charge in [0.25, 0.3) is 0 Å². The molecular formula is C15H14N2O5. The van der Waals surface area contributed by atoms with Gasteiger partial charge in [-0.1, -0.05) is 18.2 Å². The zero-order valence-corrected chi connectivity index (χ0v) is 11.8. The summed E-state index contributed by atoms with van der Waals surface area (Å²) in [6.45, 7) is 0.311. The zero-order valence-electron chi connectivity index (χ0n) is 11.8. The highest BCUT2D eigenvalue weighted by Crippen LogP contribution is 2.17. The van der Waals surface area contributed by atoms with Gasteiger partial charge in [0.1, 0.15) is 16.4 Å². The number of nitrogens with zero attached hydrogens (tertiary/aromatic N) is 1. The van der Waals surface area contributed by atoms with Crippen molar-refractivity contribution in [3.8, 4) is 5.75 Å². The molecule has 0 aliphatic rings. The summed E-state index contributed by atoms with van der Waals surface area (Å²) in [6, 6.07) is 9.99. The van der Waals surface area contributed by atoms with Crippen LogP contribution in [-0.2, 0) is 11.3 Å². The Morgan fingerprint density at radius 2 is 2.14 bits per heavy atom. The maximum atomic E-state index is 11.7. The van der Waals surface area contributed by atoms with E-state index in [0.29, 0.717) is 12.3 Å². The van der Waals surface area contributed by atoms with Crippen LogP contribution in [0.15, 0.2) is 46.9 Å². The van der Waals surface area contributed by atoms with Crippen molar-refractivity contribution in [3.63, 3.8) is 0 Å². The average molecular weight is 302 g/mol. The Labute approximate surface area is 126 Å². The van der Waals surface area contributed by atoms with Crippen LogP contribution in [-0.4, -0.2) is 17.9 Å². The number of para-hydroxylation sites is 1. The van der Waals surface area contributed by atoms with Crippen LogP contribution in [0.4, 0.5) is 5.88 Å². The smallest absolute Gasteiger partial charge is 0.433 e. The van der Waals surface area contributed by atoms with Gasteiger partial charge in [0.2, 0.25) is 5.91 Å². The molecule has 1 aromatic heterocycles. The van der Waals surface area contributed by atoms with Gasteiger partial charge in [-0.25, -0.2) is 0 Å². The Hall–Kier alpha value is -3.09. The molecule has 0 unspecified atom stereocenters. The molecule has 0 aliphatic heterocycles. The summed E-state index contributed by atoms with van der Waals surface area (Å²) >= 11 is 0. The number of hydrogen-bond donors (Lipinski definition) is 1. The summed E-state index contributed by atoms with van der Waals surface area (Å²) in [5.74, 6) is 0.214. The molecule has 0 saturated heterocycles. The normalized spacial score (nSPS) is 10.6. The molecule has 114 valence electrons. The first kappa shape index (κ1) is 15.3. The van der Waals surface area contributed by atoms with Crippen molar-refractivity contribution in [2.75, 3.05) is 7.11 Å². The second-order valence-electron chi connectivity index (χ2n) is 4.30. The molecule has 22 heavy (non-hydrogen) atoms. The summed E-state index contributed by atoms with van der Waals surface area (Å²) in [5, 5.41) is 13.2. The number of carbonyl (C=O) groups excluding carboxylic acids is 1. The molecule has 0 radical (unpaired) electrons. The van der Waals surface area contributed by atoms with Crippen molar-refractivity contribution >= 4 is 17.9 Å². The Balaban J connectivity index is 1.92. The third-order valence-corrected chi connectivity index (χ3v) is 2.84. The van der Waals surface area contributed by atoms with Crippen LogP contribution in [0.2, 0.25) is 0 Å². The highest BCUT2D eigenvalue weighted by Gasteiger charge is 2.10. The van der Waals surface area contributed by atoms with Gasteiger partial charge in [-0.3, -0.25) is 14.9 Å². The van der Waals surface area contributed by atoms with Gasteiger partial charge >= 0.3 is 5.88 Å². The molecule has 0 bridgehead atoms. The molecule has 2 aromatic rings. The molecule has 7 heteroatoms. The minimum atomic E-state index is -0.640. The second-order valence-corrected chi connectivity index (χ2v) is 4.30. The van der Waals surface area contributed by atoms with E-state index in [1.54, 1.807) is 13.2 Å². The fourth-order valence-corrected chi connectivity index (χ4v) is 1.78. The van der Waals surface area contributed by atoms with E-state index in [2.05, 4.69) is 5.32 Å². The van der Waals surface area contributed by atoms with Crippen molar-refractivity contribution < 1.29 is 18.9 Å². The number of methoxy groups -OCH3 is 1. The standard InChI is InChI=1S/C15H14N2O5/c1-21-13-5-3-2-4-11(13)10-16-14(18)8-6-12-7-9-15(22-12)17(19)20/h2-9H,10H2,1H3,(H,16,18)/b8-6-. The topological polar surface area (TPSA) is 94.6 Å². The number of rotatable bonds is 6. The quantitative estimate of drug-likeness (QED) is 0.502. The fraction of sp³-hybridized carbons (Fsp3) is 0.133. The fourth-order valence-electron chi connectivity index (χ4n) is 1.78. The zero-order chi connectivity index (χ0) is 15.9. The summed E-state index contributed by atoms with van der Waals surface area (Å²) in [4.78, 5) is 21.5. The lowest BCUT2D eigenvalue weighted by Crippen LogP contribution is -2.20. The van der Waals surface area contributed by atoms with Gasteiger partial charge in [-0.05, 0) is 18.2 Å². The van der Waals surface area contributed by atoms with Crippen molar-refractivity contribution in [2.24, 2.45) is 0 Å². The van der Waals surface area contributed by atoms with Gasteiger partial charge < -0.3 is 14.5 Å². The summed E-state index contributed by atoms with van der Waals surface area (Å²) in [7, 11) is 1.56. The SMILES string of the molecule is COc1ccccc1CNC(=O)/C=C\c1ccc([N+](=O)[O-])o1.